The molecule has 2 aromatic carbocycles. The maximum atomic E-state index is 13.1. The Kier molecular flexibility index (Phi) is 6.53. The summed E-state index contributed by atoms with van der Waals surface area (Å²) >= 11 is 0. The normalized spacial score (nSPS) is 16.3. The van der Waals surface area contributed by atoms with Gasteiger partial charge in [-0.05, 0) is 47.5 Å². The first-order chi connectivity index (χ1) is 15.2. The van der Waals surface area contributed by atoms with Crippen LogP contribution in [0.3, 0.4) is 0 Å². The topological polar surface area (TPSA) is 115 Å². The van der Waals surface area contributed by atoms with Gasteiger partial charge in [-0.1, -0.05) is 24.3 Å². The average molecular weight is 434 g/mol. The van der Waals surface area contributed by atoms with E-state index in [1.165, 1.54) is 34.1 Å². The highest BCUT2D eigenvalue weighted by Gasteiger charge is 2.29. The number of carboxylic acids is 2. The second-order valence-corrected chi connectivity index (χ2v) is 7.56. The number of likely N-dealkylation sites (tertiary alicyclic amines) is 1. The van der Waals surface area contributed by atoms with Gasteiger partial charge >= 0.3 is 18.0 Å². The summed E-state index contributed by atoms with van der Waals surface area (Å²) in [5.41, 5.74) is 2.34. The minimum absolute atomic E-state index is 0.117. The largest absolute Gasteiger partial charge is 0.478 e. The second-order valence-electron chi connectivity index (χ2n) is 7.56. The summed E-state index contributed by atoms with van der Waals surface area (Å²) < 4.78 is 0. The molecular weight excluding hydrogens is 412 g/mol. The number of nitrogens with zero attached hydrogens (tertiary/aromatic N) is 2. The van der Waals surface area contributed by atoms with Crippen LogP contribution in [-0.2, 0) is 4.79 Å². The highest BCUT2D eigenvalue weighted by atomic mass is 16.4. The third kappa shape index (κ3) is 5.10. The summed E-state index contributed by atoms with van der Waals surface area (Å²) in [7, 11) is 3.25. The number of hydrogen-bond donors (Lipinski definition) is 2. The average Bonchev–Trinajstić information content (AvgIpc) is 2.76. The fraction of sp³-hybridized carbons (Fsp3) is 0.167. The molecule has 2 aromatic rings. The number of ketones is 1. The molecule has 0 saturated carbocycles. The van der Waals surface area contributed by atoms with Crippen molar-refractivity contribution in [2.75, 3.05) is 27.2 Å². The van der Waals surface area contributed by atoms with Crippen LogP contribution in [0.5, 0.6) is 0 Å². The molecule has 1 aliphatic heterocycles. The van der Waals surface area contributed by atoms with Gasteiger partial charge in [0, 0.05) is 25.2 Å². The number of aromatic carboxylic acids is 2. The molecule has 0 radical (unpaired) electrons. The van der Waals surface area contributed by atoms with Gasteiger partial charge in [-0.3, -0.25) is 4.79 Å². The van der Waals surface area contributed by atoms with E-state index >= 15 is 0 Å². The quantitative estimate of drug-likeness (QED) is 0.715. The lowest BCUT2D eigenvalue weighted by Crippen LogP contribution is -2.46. The first-order valence-electron chi connectivity index (χ1n) is 9.74. The van der Waals surface area contributed by atoms with Crippen LogP contribution in [0, 0.1) is 0 Å². The number of carboxylic acid groups (broad SMARTS) is 2. The highest BCUT2D eigenvalue weighted by Crippen LogP contribution is 2.23. The predicted octanol–water partition coefficient (Wildman–Crippen LogP) is 3.12. The smallest absolute Gasteiger partial charge is 0.335 e. The van der Waals surface area contributed by atoms with Crippen molar-refractivity contribution in [3.63, 3.8) is 0 Å². The summed E-state index contributed by atoms with van der Waals surface area (Å²) in [5, 5.41) is 18.1. The van der Waals surface area contributed by atoms with Crippen LogP contribution in [0.15, 0.2) is 59.7 Å². The molecule has 0 aliphatic carbocycles. The Morgan fingerprint density at radius 2 is 1.16 bits per heavy atom. The van der Waals surface area contributed by atoms with E-state index in [2.05, 4.69) is 0 Å². The molecule has 8 heteroatoms. The zero-order valence-electron chi connectivity index (χ0n) is 17.6. The zero-order chi connectivity index (χ0) is 23.4. The molecule has 164 valence electrons. The van der Waals surface area contributed by atoms with Crippen molar-refractivity contribution in [3.8, 4) is 0 Å². The molecule has 1 fully saturated rings. The van der Waals surface area contributed by atoms with Crippen LogP contribution in [0.25, 0.3) is 12.2 Å². The number of benzene rings is 2. The number of piperidine rings is 1. The molecule has 3 rings (SSSR count). The number of amides is 2. The molecule has 2 N–H and O–H groups in total. The fourth-order valence-electron chi connectivity index (χ4n) is 3.30. The molecule has 0 spiro atoms. The van der Waals surface area contributed by atoms with Gasteiger partial charge in [0.25, 0.3) is 0 Å². The van der Waals surface area contributed by atoms with Crippen molar-refractivity contribution in [2.45, 2.75) is 0 Å². The Morgan fingerprint density at radius 3 is 1.47 bits per heavy atom. The minimum atomic E-state index is -1.04. The molecule has 8 nitrogen and oxygen atoms in total. The van der Waals surface area contributed by atoms with Crippen LogP contribution in [0.1, 0.15) is 31.8 Å². The maximum absolute atomic E-state index is 13.1. The van der Waals surface area contributed by atoms with E-state index in [4.69, 9.17) is 10.2 Å². The molecule has 1 aliphatic rings. The van der Waals surface area contributed by atoms with Crippen molar-refractivity contribution in [3.05, 3.63) is 81.9 Å². The van der Waals surface area contributed by atoms with Crippen molar-refractivity contribution in [1.29, 1.82) is 0 Å². The maximum Gasteiger partial charge on any atom is 0.335 e. The third-order valence-corrected chi connectivity index (χ3v) is 4.96. The summed E-state index contributed by atoms with van der Waals surface area (Å²) in [5.74, 6) is -2.31. The number of rotatable bonds is 4. The SMILES string of the molecule is CN(C)C(=O)N1CC(=Cc2ccc(C(=O)O)cc2)C(=O)C(=Cc2ccc(C(=O)O)cc2)C1. The molecule has 1 heterocycles. The summed E-state index contributed by atoms with van der Waals surface area (Å²) in [6.07, 6.45) is 3.29. The monoisotopic (exact) mass is 434 g/mol. The number of carbonyl (C=O) groups is 4. The van der Waals surface area contributed by atoms with E-state index in [0.717, 1.165) is 0 Å². The molecule has 0 aromatic heterocycles. The molecular formula is C24H22N2O6. The molecule has 0 unspecified atom stereocenters. The summed E-state index contributed by atoms with van der Waals surface area (Å²) in [4.78, 5) is 50.8. The van der Waals surface area contributed by atoms with Crippen LogP contribution in [0.4, 0.5) is 4.79 Å². The Bertz CT molecular complexity index is 1050. The fourth-order valence-corrected chi connectivity index (χ4v) is 3.30. The summed E-state index contributed by atoms with van der Waals surface area (Å²) in [6.45, 7) is 0.234. The lowest BCUT2D eigenvalue weighted by Gasteiger charge is -2.32. The number of carbonyl (C=O) groups excluding carboxylic acids is 2. The van der Waals surface area contributed by atoms with Crippen molar-refractivity contribution < 1.29 is 29.4 Å². The molecule has 1 saturated heterocycles. The standard InChI is InChI=1S/C24H22N2O6/c1-25(2)24(32)26-13-19(11-15-3-7-17(8-4-15)22(28)29)21(27)20(14-26)12-16-5-9-18(10-6-16)23(30)31/h3-12H,13-14H2,1-2H3,(H,28,29)(H,30,31). The van der Waals surface area contributed by atoms with E-state index in [1.54, 1.807) is 50.5 Å². The molecule has 2 amide bonds. The Balaban J connectivity index is 1.97. The van der Waals surface area contributed by atoms with Crippen LogP contribution in [0.2, 0.25) is 0 Å². The lowest BCUT2D eigenvalue weighted by atomic mass is 9.94. The van der Waals surface area contributed by atoms with Crippen LogP contribution < -0.4 is 0 Å². The van der Waals surface area contributed by atoms with E-state index in [-0.39, 0.29) is 36.0 Å². The van der Waals surface area contributed by atoms with Crippen LogP contribution >= 0.6 is 0 Å². The highest BCUT2D eigenvalue weighted by molar-refractivity contribution is 6.15. The van der Waals surface area contributed by atoms with E-state index in [0.29, 0.717) is 22.3 Å². The van der Waals surface area contributed by atoms with Gasteiger partial charge in [-0.2, -0.15) is 0 Å². The molecule has 32 heavy (non-hydrogen) atoms. The number of hydrogen-bond acceptors (Lipinski definition) is 4. The van der Waals surface area contributed by atoms with Crippen molar-refractivity contribution in [2.24, 2.45) is 0 Å². The number of Topliss-reactive ketones (excluding diaryl/α,β-unsaturated/α-hetero) is 1. The van der Waals surface area contributed by atoms with Gasteiger partial charge in [0.05, 0.1) is 24.2 Å². The molecule has 0 atom stereocenters. The van der Waals surface area contributed by atoms with Gasteiger partial charge in [0.15, 0.2) is 5.78 Å². The van der Waals surface area contributed by atoms with Gasteiger partial charge < -0.3 is 20.0 Å². The van der Waals surface area contributed by atoms with Gasteiger partial charge in [-0.25, -0.2) is 14.4 Å². The number of urea groups is 1. The van der Waals surface area contributed by atoms with E-state index < -0.39 is 11.9 Å². The van der Waals surface area contributed by atoms with E-state index in [1.807, 2.05) is 0 Å². The first kappa shape index (κ1) is 22.5. The second kappa shape index (κ2) is 9.30. The van der Waals surface area contributed by atoms with E-state index in [9.17, 15) is 19.2 Å². The Hall–Kier alpha value is -4.20. The van der Waals surface area contributed by atoms with Crippen LogP contribution in [-0.4, -0.2) is 71.0 Å². The van der Waals surface area contributed by atoms with Crippen molar-refractivity contribution in [1.82, 2.24) is 9.80 Å². The molecule has 0 bridgehead atoms. The Morgan fingerprint density at radius 1 is 0.781 bits per heavy atom. The minimum Gasteiger partial charge on any atom is -0.478 e. The van der Waals surface area contributed by atoms with Gasteiger partial charge in [0.1, 0.15) is 0 Å². The van der Waals surface area contributed by atoms with Crippen molar-refractivity contribution >= 4 is 35.9 Å². The first-order valence-corrected chi connectivity index (χ1v) is 9.74. The zero-order valence-corrected chi connectivity index (χ0v) is 17.6. The van der Waals surface area contributed by atoms with Gasteiger partial charge in [0.2, 0.25) is 0 Å². The Labute approximate surface area is 184 Å². The summed E-state index contributed by atoms with van der Waals surface area (Å²) in [6, 6.07) is 12.0. The van der Waals surface area contributed by atoms with Gasteiger partial charge in [-0.15, -0.1) is 0 Å². The predicted molar refractivity (Wildman–Crippen MR) is 118 cm³/mol. The lowest BCUT2D eigenvalue weighted by molar-refractivity contribution is -0.113. The third-order valence-electron chi connectivity index (χ3n) is 4.96.